The van der Waals surface area contributed by atoms with Crippen LogP contribution in [0.25, 0.3) is 0 Å². The largest absolute Gasteiger partial charge is 0.352 e. The number of carbonyl (C=O) groups is 2. The summed E-state index contributed by atoms with van der Waals surface area (Å²) < 4.78 is 0. The molecule has 2 aliphatic rings. The minimum absolute atomic E-state index is 0.0815. The molecule has 0 radical (unpaired) electrons. The van der Waals surface area contributed by atoms with E-state index in [0.29, 0.717) is 0 Å². The van der Waals surface area contributed by atoms with Crippen molar-refractivity contribution >= 4 is 23.5 Å². The van der Waals surface area contributed by atoms with Crippen LogP contribution < -0.4 is 9.80 Å². The maximum absolute atomic E-state index is 11.8. The van der Waals surface area contributed by atoms with Crippen molar-refractivity contribution < 1.29 is 9.59 Å². The first-order valence-corrected chi connectivity index (χ1v) is 12.0. The molecule has 2 aromatic rings. The molecule has 0 spiro atoms. The van der Waals surface area contributed by atoms with E-state index in [9.17, 15) is 9.59 Å². The van der Waals surface area contributed by atoms with Crippen molar-refractivity contribution in [1.29, 1.82) is 0 Å². The minimum atomic E-state index is 0.0815. The van der Waals surface area contributed by atoms with Gasteiger partial charge in [-0.05, 0) is 0 Å². The molecule has 4 rings (SSSR count). The summed E-state index contributed by atoms with van der Waals surface area (Å²) in [6.45, 7) is 14.2. The quantitative estimate of drug-likeness (QED) is 0.667. The molecule has 0 atom stereocenters. The molecule has 10 nitrogen and oxygen atoms in total. The van der Waals surface area contributed by atoms with Gasteiger partial charge in [0.05, 0.1) is 12.4 Å². The molecule has 2 fully saturated rings. The SMILES string of the molecule is CC(C)C(=O)N1CCN(c2cnccn2)CC1.CC(C)C(=O)N1CCN(c2cnccn2)CC1. The Balaban J connectivity index is 0.000000191. The number of rotatable bonds is 4. The molecule has 0 aliphatic carbocycles. The topological polar surface area (TPSA) is 98.7 Å². The third-order valence-corrected chi connectivity index (χ3v) is 5.92. The van der Waals surface area contributed by atoms with Crippen molar-refractivity contribution in [2.75, 3.05) is 62.2 Å². The monoisotopic (exact) mass is 468 g/mol. The van der Waals surface area contributed by atoms with Crippen molar-refractivity contribution in [3.63, 3.8) is 0 Å². The molecule has 2 saturated heterocycles. The molecule has 0 aromatic carbocycles. The maximum atomic E-state index is 11.8. The number of hydrogen-bond donors (Lipinski definition) is 0. The third-order valence-electron chi connectivity index (χ3n) is 5.92. The van der Waals surface area contributed by atoms with Gasteiger partial charge in [0, 0.05) is 89.0 Å². The first-order chi connectivity index (χ1) is 16.4. The predicted molar refractivity (Wildman–Crippen MR) is 131 cm³/mol. The smallest absolute Gasteiger partial charge is 0.225 e. The van der Waals surface area contributed by atoms with Gasteiger partial charge in [-0.2, -0.15) is 0 Å². The lowest BCUT2D eigenvalue weighted by Gasteiger charge is -2.36. The Hall–Kier alpha value is -3.30. The molecule has 2 aliphatic heterocycles. The average Bonchev–Trinajstić information content (AvgIpc) is 2.89. The lowest BCUT2D eigenvalue weighted by molar-refractivity contribution is -0.135. The van der Waals surface area contributed by atoms with Gasteiger partial charge in [0.1, 0.15) is 11.6 Å². The summed E-state index contributed by atoms with van der Waals surface area (Å²) in [6.07, 6.45) is 10.3. The Morgan fingerprint density at radius 1 is 0.618 bits per heavy atom. The van der Waals surface area contributed by atoms with Crippen molar-refractivity contribution in [2.45, 2.75) is 27.7 Å². The van der Waals surface area contributed by atoms with Gasteiger partial charge in [-0.25, -0.2) is 9.97 Å². The molecule has 10 heteroatoms. The highest BCUT2D eigenvalue weighted by Crippen LogP contribution is 2.14. The summed E-state index contributed by atoms with van der Waals surface area (Å²) in [5, 5.41) is 0. The summed E-state index contributed by atoms with van der Waals surface area (Å²) in [5.41, 5.74) is 0. The molecule has 34 heavy (non-hydrogen) atoms. The first-order valence-electron chi connectivity index (χ1n) is 12.0. The number of carbonyl (C=O) groups excluding carboxylic acids is 2. The molecule has 0 N–H and O–H groups in total. The van der Waals surface area contributed by atoms with Gasteiger partial charge in [-0.3, -0.25) is 19.6 Å². The molecule has 0 bridgehead atoms. The van der Waals surface area contributed by atoms with Gasteiger partial charge in [0.15, 0.2) is 0 Å². The normalized spacial score (nSPS) is 16.4. The Kier molecular flexibility index (Phi) is 9.12. The maximum Gasteiger partial charge on any atom is 0.225 e. The summed E-state index contributed by atoms with van der Waals surface area (Å²) in [7, 11) is 0. The molecular weight excluding hydrogens is 432 g/mol. The van der Waals surface area contributed by atoms with Crippen LogP contribution in [-0.2, 0) is 9.59 Å². The summed E-state index contributed by atoms with van der Waals surface area (Å²) in [5.74, 6) is 2.43. The van der Waals surface area contributed by atoms with Crippen LogP contribution in [0.2, 0.25) is 0 Å². The zero-order valence-electron chi connectivity index (χ0n) is 20.7. The highest BCUT2D eigenvalue weighted by molar-refractivity contribution is 5.78. The number of amides is 2. The highest BCUT2D eigenvalue weighted by Gasteiger charge is 2.24. The lowest BCUT2D eigenvalue weighted by Crippen LogP contribution is -2.50. The molecule has 184 valence electrons. The van der Waals surface area contributed by atoms with E-state index in [1.165, 1.54) is 0 Å². The second kappa shape index (κ2) is 12.2. The van der Waals surface area contributed by atoms with E-state index in [2.05, 4.69) is 29.7 Å². The van der Waals surface area contributed by atoms with E-state index in [4.69, 9.17) is 0 Å². The van der Waals surface area contributed by atoms with Gasteiger partial charge >= 0.3 is 0 Å². The van der Waals surface area contributed by atoms with E-state index in [0.717, 1.165) is 64.0 Å². The Morgan fingerprint density at radius 3 is 1.24 bits per heavy atom. The summed E-state index contributed by atoms with van der Waals surface area (Å²) >= 11 is 0. The third kappa shape index (κ3) is 6.85. The number of piperazine rings is 2. The van der Waals surface area contributed by atoms with E-state index < -0.39 is 0 Å². The van der Waals surface area contributed by atoms with Crippen molar-refractivity contribution in [1.82, 2.24) is 29.7 Å². The van der Waals surface area contributed by atoms with E-state index in [-0.39, 0.29) is 23.7 Å². The van der Waals surface area contributed by atoms with Crippen molar-refractivity contribution in [3.8, 4) is 0 Å². The second-order valence-corrected chi connectivity index (χ2v) is 9.06. The highest BCUT2D eigenvalue weighted by atomic mass is 16.2. The van der Waals surface area contributed by atoms with Crippen LogP contribution in [0.5, 0.6) is 0 Å². The van der Waals surface area contributed by atoms with Gasteiger partial charge in [-0.15, -0.1) is 0 Å². The van der Waals surface area contributed by atoms with Crippen molar-refractivity contribution in [3.05, 3.63) is 37.2 Å². The zero-order chi connectivity index (χ0) is 24.5. The van der Waals surface area contributed by atoms with Crippen LogP contribution >= 0.6 is 0 Å². The number of anilines is 2. The Morgan fingerprint density at radius 2 is 0.971 bits per heavy atom. The fourth-order valence-electron chi connectivity index (χ4n) is 3.95. The molecular formula is C24H36N8O2. The minimum Gasteiger partial charge on any atom is -0.352 e. The van der Waals surface area contributed by atoms with E-state index in [1.54, 1.807) is 37.2 Å². The van der Waals surface area contributed by atoms with Crippen LogP contribution in [-0.4, -0.2) is 93.9 Å². The van der Waals surface area contributed by atoms with E-state index in [1.807, 2.05) is 37.5 Å². The summed E-state index contributed by atoms with van der Waals surface area (Å²) in [6, 6.07) is 0. The van der Waals surface area contributed by atoms with Crippen molar-refractivity contribution in [2.24, 2.45) is 11.8 Å². The van der Waals surface area contributed by atoms with Crippen LogP contribution in [0.15, 0.2) is 37.2 Å². The van der Waals surface area contributed by atoms with Gasteiger partial charge < -0.3 is 19.6 Å². The molecule has 0 saturated carbocycles. The van der Waals surface area contributed by atoms with E-state index >= 15 is 0 Å². The lowest BCUT2D eigenvalue weighted by atomic mass is 10.1. The number of nitrogens with zero attached hydrogens (tertiary/aromatic N) is 8. The fraction of sp³-hybridized carbons (Fsp3) is 0.583. The van der Waals surface area contributed by atoms with Crippen LogP contribution in [0.4, 0.5) is 11.6 Å². The molecule has 2 aromatic heterocycles. The van der Waals surface area contributed by atoms with Crippen LogP contribution in [0.1, 0.15) is 27.7 Å². The number of hydrogen-bond acceptors (Lipinski definition) is 8. The predicted octanol–water partition coefficient (Wildman–Crippen LogP) is 1.56. The number of aromatic nitrogens is 4. The molecule has 4 heterocycles. The standard InChI is InChI=1S/2C12H18N4O/c2*1-10(2)12(17)16-7-5-15(6-8-16)11-9-13-3-4-14-11/h2*3-4,9-10H,5-8H2,1-2H3. The molecule has 0 unspecified atom stereocenters. The first kappa shape index (κ1) is 25.3. The van der Waals surface area contributed by atoms with Crippen LogP contribution in [0.3, 0.4) is 0 Å². The summed E-state index contributed by atoms with van der Waals surface area (Å²) in [4.78, 5) is 48.5. The zero-order valence-corrected chi connectivity index (χ0v) is 20.7. The average molecular weight is 469 g/mol. The Bertz CT molecular complexity index is 818. The Labute approximate surface area is 202 Å². The van der Waals surface area contributed by atoms with Gasteiger partial charge in [0.25, 0.3) is 0 Å². The van der Waals surface area contributed by atoms with Gasteiger partial charge in [-0.1, -0.05) is 27.7 Å². The second-order valence-electron chi connectivity index (χ2n) is 9.06. The fourth-order valence-corrected chi connectivity index (χ4v) is 3.95. The van der Waals surface area contributed by atoms with Gasteiger partial charge in [0.2, 0.25) is 11.8 Å². The molecule has 2 amide bonds. The van der Waals surface area contributed by atoms with Crippen LogP contribution in [0, 0.1) is 11.8 Å².